The molecule has 1 aromatic carbocycles. The van der Waals surface area contributed by atoms with Crippen LogP contribution in [0.1, 0.15) is 44.2 Å². The van der Waals surface area contributed by atoms with Crippen molar-refractivity contribution in [1.29, 1.82) is 0 Å². The molecular weight excluding hydrogens is 360 g/mol. The summed E-state index contributed by atoms with van der Waals surface area (Å²) in [5, 5.41) is 0. The number of nitrogens with zero attached hydrogens (tertiary/aromatic N) is 4. The van der Waals surface area contributed by atoms with Gasteiger partial charge in [-0.15, -0.1) is 0 Å². The molecule has 0 N–H and O–H groups in total. The van der Waals surface area contributed by atoms with Crippen molar-refractivity contribution in [2.45, 2.75) is 45.4 Å². The third-order valence-electron chi connectivity index (χ3n) is 8.08. The minimum atomic E-state index is -0.0183. The van der Waals surface area contributed by atoms with Crippen LogP contribution in [0.5, 0.6) is 0 Å². The Bertz CT molecular complexity index is 927. The SMILES string of the molecule is Cc1nc2ccccc2nc1N1CCN(C(=O)C23CC4CC(CC(C4)C2)C3)CC1. The Labute approximate surface area is 172 Å². The van der Waals surface area contributed by atoms with Crippen LogP contribution >= 0.6 is 0 Å². The van der Waals surface area contributed by atoms with E-state index in [1.54, 1.807) is 0 Å². The first-order valence-corrected chi connectivity index (χ1v) is 11.4. The van der Waals surface area contributed by atoms with E-state index < -0.39 is 0 Å². The van der Waals surface area contributed by atoms with Gasteiger partial charge in [-0.05, 0) is 75.3 Å². The number of para-hydroxylation sites is 2. The standard InChI is InChI=1S/C24H30N4O/c1-16-22(26-21-5-3-2-4-20(21)25-16)27-6-8-28(9-7-27)23(29)24-13-17-10-18(14-24)12-19(11-17)15-24/h2-5,17-19H,6-15H2,1H3. The molecule has 1 amide bonds. The lowest BCUT2D eigenvalue weighted by molar-refractivity contribution is -0.158. The molecule has 7 rings (SSSR count). The molecule has 5 aliphatic rings. The van der Waals surface area contributed by atoms with Gasteiger partial charge in [0.25, 0.3) is 0 Å². The minimum Gasteiger partial charge on any atom is -0.352 e. The van der Waals surface area contributed by atoms with Crippen molar-refractivity contribution in [1.82, 2.24) is 14.9 Å². The maximum atomic E-state index is 13.6. The zero-order valence-electron chi connectivity index (χ0n) is 17.3. The Morgan fingerprint density at radius 1 is 0.897 bits per heavy atom. The minimum absolute atomic E-state index is 0.0183. The fourth-order valence-electron chi connectivity index (χ4n) is 7.21. The van der Waals surface area contributed by atoms with Gasteiger partial charge in [-0.1, -0.05) is 12.1 Å². The third-order valence-corrected chi connectivity index (χ3v) is 8.08. The quantitative estimate of drug-likeness (QED) is 0.783. The molecule has 5 heteroatoms. The molecule has 4 saturated carbocycles. The Morgan fingerprint density at radius 3 is 2.03 bits per heavy atom. The van der Waals surface area contributed by atoms with Crippen LogP contribution in [0.3, 0.4) is 0 Å². The average molecular weight is 391 g/mol. The van der Waals surface area contributed by atoms with Gasteiger partial charge >= 0.3 is 0 Å². The zero-order chi connectivity index (χ0) is 19.6. The fraction of sp³-hybridized carbons (Fsp3) is 0.625. The molecule has 4 bridgehead atoms. The van der Waals surface area contributed by atoms with E-state index in [9.17, 15) is 4.79 Å². The molecule has 1 aliphatic heterocycles. The maximum Gasteiger partial charge on any atom is 0.228 e. The van der Waals surface area contributed by atoms with Crippen molar-refractivity contribution >= 4 is 22.8 Å². The number of carbonyl (C=O) groups is 1. The monoisotopic (exact) mass is 390 g/mol. The molecule has 5 nitrogen and oxygen atoms in total. The molecular formula is C24H30N4O. The molecule has 152 valence electrons. The van der Waals surface area contributed by atoms with Crippen molar-refractivity contribution in [2.24, 2.45) is 23.2 Å². The molecule has 5 fully saturated rings. The number of anilines is 1. The number of amides is 1. The first kappa shape index (κ1) is 17.7. The highest BCUT2D eigenvalue weighted by Crippen LogP contribution is 2.60. The first-order chi connectivity index (χ1) is 14.1. The van der Waals surface area contributed by atoms with E-state index in [-0.39, 0.29) is 5.41 Å². The Balaban J connectivity index is 1.18. The van der Waals surface area contributed by atoms with E-state index in [1.807, 2.05) is 31.2 Å². The van der Waals surface area contributed by atoms with Crippen LogP contribution in [0.25, 0.3) is 11.0 Å². The highest BCUT2D eigenvalue weighted by molar-refractivity contribution is 5.83. The molecule has 1 aromatic heterocycles. The topological polar surface area (TPSA) is 49.3 Å². The van der Waals surface area contributed by atoms with E-state index >= 15 is 0 Å². The summed E-state index contributed by atoms with van der Waals surface area (Å²) in [6.45, 7) is 5.38. The van der Waals surface area contributed by atoms with Gasteiger partial charge in [-0.25, -0.2) is 9.97 Å². The highest BCUT2D eigenvalue weighted by Gasteiger charge is 2.55. The van der Waals surface area contributed by atoms with Crippen LogP contribution < -0.4 is 4.90 Å². The molecule has 1 saturated heterocycles. The van der Waals surface area contributed by atoms with E-state index in [4.69, 9.17) is 9.97 Å². The number of carbonyl (C=O) groups excluding carboxylic acids is 1. The maximum absolute atomic E-state index is 13.6. The van der Waals surface area contributed by atoms with Crippen molar-refractivity contribution < 1.29 is 4.79 Å². The third kappa shape index (κ3) is 2.84. The molecule has 29 heavy (non-hydrogen) atoms. The second-order valence-corrected chi connectivity index (χ2v) is 10.1. The van der Waals surface area contributed by atoms with E-state index in [1.165, 1.54) is 19.3 Å². The summed E-state index contributed by atoms with van der Waals surface area (Å²) in [6, 6.07) is 8.06. The largest absolute Gasteiger partial charge is 0.352 e. The summed E-state index contributed by atoms with van der Waals surface area (Å²) in [7, 11) is 0. The Kier molecular flexibility index (Phi) is 3.91. The Morgan fingerprint density at radius 2 is 1.45 bits per heavy atom. The summed E-state index contributed by atoms with van der Waals surface area (Å²) < 4.78 is 0. The summed E-state index contributed by atoms with van der Waals surface area (Å²) in [6.07, 6.45) is 7.65. The first-order valence-electron chi connectivity index (χ1n) is 11.4. The zero-order valence-corrected chi connectivity index (χ0v) is 17.3. The van der Waals surface area contributed by atoms with Crippen LogP contribution in [-0.4, -0.2) is 47.0 Å². The van der Waals surface area contributed by atoms with Crippen molar-refractivity contribution in [3.63, 3.8) is 0 Å². The summed E-state index contributed by atoms with van der Waals surface area (Å²) >= 11 is 0. The molecule has 0 spiro atoms. The van der Waals surface area contributed by atoms with Crippen LogP contribution in [0, 0.1) is 30.1 Å². The number of hydrogen-bond acceptors (Lipinski definition) is 4. The van der Waals surface area contributed by atoms with Gasteiger partial charge in [0.2, 0.25) is 5.91 Å². The van der Waals surface area contributed by atoms with E-state index in [0.29, 0.717) is 5.91 Å². The Hall–Kier alpha value is -2.17. The smallest absolute Gasteiger partial charge is 0.228 e. The summed E-state index contributed by atoms with van der Waals surface area (Å²) in [5.74, 6) is 3.91. The fourth-order valence-corrected chi connectivity index (χ4v) is 7.21. The molecule has 0 radical (unpaired) electrons. The number of fused-ring (bicyclic) bond motifs is 1. The molecule has 2 heterocycles. The van der Waals surface area contributed by atoms with Crippen molar-refractivity contribution in [3.8, 4) is 0 Å². The lowest BCUT2D eigenvalue weighted by Gasteiger charge is -2.57. The van der Waals surface area contributed by atoms with Gasteiger partial charge in [0, 0.05) is 26.2 Å². The predicted octanol–water partition coefficient (Wildman–Crippen LogP) is 3.80. The van der Waals surface area contributed by atoms with Gasteiger partial charge < -0.3 is 9.80 Å². The van der Waals surface area contributed by atoms with E-state index in [0.717, 1.165) is 85.7 Å². The van der Waals surface area contributed by atoms with Gasteiger partial charge in [-0.2, -0.15) is 0 Å². The molecule has 2 aromatic rings. The summed E-state index contributed by atoms with van der Waals surface area (Å²) in [4.78, 5) is 27.7. The summed E-state index contributed by atoms with van der Waals surface area (Å²) in [5.41, 5.74) is 2.85. The molecule has 0 atom stereocenters. The van der Waals surface area contributed by atoms with Gasteiger partial charge in [0.15, 0.2) is 5.82 Å². The van der Waals surface area contributed by atoms with Gasteiger partial charge in [-0.3, -0.25) is 4.79 Å². The predicted molar refractivity (Wildman–Crippen MR) is 114 cm³/mol. The van der Waals surface area contributed by atoms with Crippen molar-refractivity contribution in [2.75, 3.05) is 31.1 Å². The van der Waals surface area contributed by atoms with Crippen LogP contribution in [0.2, 0.25) is 0 Å². The highest BCUT2D eigenvalue weighted by atomic mass is 16.2. The number of piperazine rings is 1. The van der Waals surface area contributed by atoms with Gasteiger partial charge in [0.05, 0.1) is 22.1 Å². The molecule has 4 aliphatic carbocycles. The number of aromatic nitrogens is 2. The molecule has 0 unspecified atom stereocenters. The van der Waals surface area contributed by atoms with Crippen molar-refractivity contribution in [3.05, 3.63) is 30.0 Å². The normalized spacial score (nSPS) is 33.5. The van der Waals surface area contributed by atoms with Crippen LogP contribution in [0.4, 0.5) is 5.82 Å². The number of aryl methyl sites for hydroxylation is 1. The average Bonchev–Trinajstić information content (AvgIpc) is 2.72. The number of benzene rings is 1. The lowest BCUT2D eigenvalue weighted by Crippen LogP contribution is -2.58. The van der Waals surface area contributed by atoms with Crippen LogP contribution in [-0.2, 0) is 4.79 Å². The van der Waals surface area contributed by atoms with Gasteiger partial charge in [0.1, 0.15) is 0 Å². The second kappa shape index (κ2) is 6.41. The second-order valence-electron chi connectivity index (χ2n) is 10.1. The number of rotatable bonds is 2. The van der Waals surface area contributed by atoms with E-state index in [2.05, 4.69) is 9.80 Å². The lowest BCUT2D eigenvalue weighted by atomic mass is 9.49. The van der Waals surface area contributed by atoms with Crippen LogP contribution in [0.15, 0.2) is 24.3 Å². The number of hydrogen-bond donors (Lipinski definition) is 0.